The highest BCUT2D eigenvalue weighted by atomic mass is 32.2. The van der Waals surface area contributed by atoms with Crippen LogP contribution in [0.25, 0.3) is 0 Å². The second-order valence-corrected chi connectivity index (χ2v) is 8.82. The molecule has 1 unspecified atom stereocenters. The lowest BCUT2D eigenvalue weighted by molar-refractivity contribution is -0.128. The Hall–Kier alpha value is -2.91. The Morgan fingerprint density at radius 1 is 1.07 bits per heavy atom. The monoisotopic (exact) mass is 431 g/mol. The molecular formula is C21H25N3O5S. The van der Waals surface area contributed by atoms with Gasteiger partial charge in [0.1, 0.15) is 11.8 Å². The van der Waals surface area contributed by atoms with Crippen molar-refractivity contribution >= 4 is 21.8 Å². The molecule has 2 amide bonds. The van der Waals surface area contributed by atoms with Crippen LogP contribution in [0.2, 0.25) is 0 Å². The van der Waals surface area contributed by atoms with Crippen molar-refractivity contribution in [3.63, 3.8) is 0 Å². The van der Waals surface area contributed by atoms with Gasteiger partial charge in [0.05, 0.1) is 18.6 Å². The van der Waals surface area contributed by atoms with E-state index in [9.17, 15) is 18.0 Å². The molecule has 2 N–H and O–H groups in total. The van der Waals surface area contributed by atoms with Gasteiger partial charge in [0.25, 0.3) is 0 Å². The molecule has 1 aliphatic rings. The van der Waals surface area contributed by atoms with E-state index >= 15 is 0 Å². The molecule has 0 aliphatic carbocycles. The van der Waals surface area contributed by atoms with Gasteiger partial charge in [-0.2, -0.15) is 4.31 Å². The largest absolute Gasteiger partial charge is 0.497 e. The summed E-state index contributed by atoms with van der Waals surface area (Å²) in [6.45, 7) is 0.375. The van der Waals surface area contributed by atoms with E-state index in [2.05, 4.69) is 10.6 Å². The first kappa shape index (κ1) is 21.8. The van der Waals surface area contributed by atoms with Crippen molar-refractivity contribution in [2.75, 3.05) is 20.2 Å². The number of hydrogen-bond acceptors (Lipinski definition) is 5. The summed E-state index contributed by atoms with van der Waals surface area (Å²) in [5.41, 5.74) is 0.895. The number of amides is 2. The molecule has 0 aromatic heterocycles. The summed E-state index contributed by atoms with van der Waals surface area (Å²) in [7, 11) is -2.18. The van der Waals surface area contributed by atoms with E-state index in [-0.39, 0.29) is 23.9 Å². The molecule has 0 bridgehead atoms. The zero-order valence-corrected chi connectivity index (χ0v) is 17.5. The van der Waals surface area contributed by atoms with E-state index in [1.165, 1.54) is 16.4 Å². The van der Waals surface area contributed by atoms with Gasteiger partial charge in [0.2, 0.25) is 21.8 Å². The zero-order chi connectivity index (χ0) is 21.6. The molecule has 0 spiro atoms. The topological polar surface area (TPSA) is 105 Å². The summed E-state index contributed by atoms with van der Waals surface area (Å²) < 4.78 is 32.0. The van der Waals surface area contributed by atoms with Crippen LogP contribution in [-0.2, 0) is 26.2 Å². The molecule has 30 heavy (non-hydrogen) atoms. The van der Waals surface area contributed by atoms with E-state index in [0.717, 1.165) is 11.3 Å². The first-order valence-electron chi connectivity index (χ1n) is 9.66. The van der Waals surface area contributed by atoms with Crippen molar-refractivity contribution in [1.29, 1.82) is 0 Å². The standard InChI is InChI=1S/C21H25N3O5S/c1-29-17-11-9-16(10-12-17)14-22-20(25)15-23-21(26)19-8-5-13-24(19)30(27,28)18-6-3-2-4-7-18/h2-4,6-7,9-12,19H,5,8,13-15H2,1H3,(H,22,25)(H,23,26). The van der Waals surface area contributed by atoms with E-state index in [1.54, 1.807) is 37.4 Å². The van der Waals surface area contributed by atoms with Gasteiger partial charge in [0.15, 0.2) is 0 Å². The zero-order valence-electron chi connectivity index (χ0n) is 16.7. The maximum absolute atomic E-state index is 12.9. The second-order valence-electron chi connectivity index (χ2n) is 6.93. The van der Waals surface area contributed by atoms with Crippen LogP contribution in [0.3, 0.4) is 0 Å². The quantitative estimate of drug-likeness (QED) is 0.655. The normalized spacial score (nSPS) is 16.8. The summed E-state index contributed by atoms with van der Waals surface area (Å²) in [6.07, 6.45) is 1.01. The molecule has 2 aromatic rings. The average Bonchev–Trinajstić information content (AvgIpc) is 3.28. The number of nitrogens with one attached hydrogen (secondary N) is 2. The number of benzene rings is 2. The minimum atomic E-state index is -3.76. The fraction of sp³-hybridized carbons (Fsp3) is 0.333. The lowest BCUT2D eigenvalue weighted by Crippen LogP contribution is -2.48. The maximum atomic E-state index is 12.9. The molecule has 160 valence electrons. The highest BCUT2D eigenvalue weighted by Crippen LogP contribution is 2.26. The lowest BCUT2D eigenvalue weighted by Gasteiger charge is -2.23. The number of ether oxygens (including phenoxy) is 1. The Balaban J connectivity index is 1.52. The Morgan fingerprint density at radius 3 is 2.43 bits per heavy atom. The third-order valence-corrected chi connectivity index (χ3v) is 6.85. The second kappa shape index (κ2) is 9.73. The van der Waals surface area contributed by atoms with Crippen LogP contribution < -0.4 is 15.4 Å². The first-order chi connectivity index (χ1) is 14.4. The Bertz CT molecular complexity index is 977. The molecule has 0 saturated carbocycles. The van der Waals surface area contributed by atoms with Crippen LogP contribution in [0.5, 0.6) is 5.75 Å². The number of sulfonamides is 1. The maximum Gasteiger partial charge on any atom is 0.243 e. The molecule has 1 fully saturated rings. The van der Waals surface area contributed by atoms with Crippen molar-refractivity contribution in [2.24, 2.45) is 0 Å². The highest BCUT2D eigenvalue weighted by Gasteiger charge is 2.39. The molecule has 0 radical (unpaired) electrons. The average molecular weight is 432 g/mol. The summed E-state index contributed by atoms with van der Waals surface area (Å²) >= 11 is 0. The summed E-state index contributed by atoms with van der Waals surface area (Å²) in [5.74, 6) is -0.0925. The molecule has 1 atom stereocenters. The molecule has 3 rings (SSSR count). The summed E-state index contributed by atoms with van der Waals surface area (Å²) in [6, 6.07) is 14.5. The molecule has 9 heteroatoms. The smallest absolute Gasteiger partial charge is 0.243 e. The van der Waals surface area contributed by atoms with E-state index < -0.39 is 22.0 Å². The van der Waals surface area contributed by atoms with Crippen LogP contribution in [0.1, 0.15) is 18.4 Å². The van der Waals surface area contributed by atoms with Gasteiger partial charge in [-0.15, -0.1) is 0 Å². The van der Waals surface area contributed by atoms with Crippen LogP contribution in [0.4, 0.5) is 0 Å². The predicted octanol–water partition coefficient (Wildman–Crippen LogP) is 1.28. The number of hydrogen-bond donors (Lipinski definition) is 2. The third-order valence-electron chi connectivity index (χ3n) is 4.93. The Labute approximate surface area is 176 Å². The number of carbonyl (C=O) groups excluding carboxylic acids is 2. The van der Waals surface area contributed by atoms with Gasteiger partial charge in [-0.1, -0.05) is 30.3 Å². The molecule has 8 nitrogen and oxygen atoms in total. The van der Waals surface area contributed by atoms with Gasteiger partial charge in [-0.25, -0.2) is 8.42 Å². The fourth-order valence-electron chi connectivity index (χ4n) is 3.31. The van der Waals surface area contributed by atoms with Gasteiger partial charge >= 0.3 is 0 Å². The Kier molecular flexibility index (Phi) is 7.07. The minimum Gasteiger partial charge on any atom is -0.497 e. The predicted molar refractivity (Wildman–Crippen MR) is 111 cm³/mol. The number of nitrogens with zero attached hydrogens (tertiary/aromatic N) is 1. The summed E-state index contributed by atoms with van der Waals surface area (Å²) in [4.78, 5) is 24.8. The first-order valence-corrected chi connectivity index (χ1v) is 11.1. The van der Waals surface area contributed by atoms with Gasteiger partial charge < -0.3 is 15.4 Å². The molecule has 1 saturated heterocycles. The minimum absolute atomic E-state index is 0.155. The number of carbonyl (C=O) groups is 2. The van der Waals surface area contributed by atoms with Crippen LogP contribution in [0, 0.1) is 0 Å². The molecular weight excluding hydrogens is 406 g/mol. The highest BCUT2D eigenvalue weighted by molar-refractivity contribution is 7.89. The molecule has 1 heterocycles. The molecule has 2 aromatic carbocycles. The van der Waals surface area contributed by atoms with Crippen molar-refractivity contribution in [2.45, 2.75) is 30.3 Å². The number of methoxy groups -OCH3 is 1. The van der Waals surface area contributed by atoms with Gasteiger partial charge in [-0.05, 0) is 42.7 Å². The van der Waals surface area contributed by atoms with E-state index in [1.807, 2.05) is 12.1 Å². The van der Waals surface area contributed by atoms with Crippen molar-refractivity contribution in [3.8, 4) is 5.75 Å². The van der Waals surface area contributed by atoms with Crippen molar-refractivity contribution < 1.29 is 22.7 Å². The molecule has 1 aliphatic heterocycles. The SMILES string of the molecule is COc1ccc(CNC(=O)CNC(=O)C2CCCN2S(=O)(=O)c2ccccc2)cc1. The third kappa shape index (κ3) is 5.17. The van der Waals surface area contributed by atoms with Crippen LogP contribution in [0.15, 0.2) is 59.5 Å². The van der Waals surface area contributed by atoms with E-state index in [0.29, 0.717) is 19.4 Å². The number of rotatable bonds is 8. The van der Waals surface area contributed by atoms with Gasteiger partial charge in [0, 0.05) is 13.1 Å². The fourth-order valence-corrected chi connectivity index (χ4v) is 4.99. The van der Waals surface area contributed by atoms with Gasteiger partial charge in [-0.3, -0.25) is 9.59 Å². The Morgan fingerprint density at radius 2 is 1.77 bits per heavy atom. The van der Waals surface area contributed by atoms with E-state index in [4.69, 9.17) is 4.74 Å². The van der Waals surface area contributed by atoms with Crippen LogP contribution in [-0.4, -0.2) is 50.8 Å². The van der Waals surface area contributed by atoms with Crippen LogP contribution >= 0.6 is 0 Å². The lowest BCUT2D eigenvalue weighted by atomic mass is 10.2. The summed E-state index contributed by atoms with van der Waals surface area (Å²) in [5, 5.41) is 5.28. The van der Waals surface area contributed by atoms with Crippen molar-refractivity contribution in [3.05, 3.63) is 60.2 Å². The van der Waals surface area contributed by atoms with Crippen molar-refractivity contribution in [1.82, 2.24) is 14.9 Å².